The molecule has 2 heterocycles. The second-order valence-electron chi connectivity index (χ2n) is 8.05. The minimum Gasteiger partial charge on any atom is -0.435 e. The van der Waals surface area contributed by atoms with Crippen LogP contribution < -0.4 is 9.80 Å². The van der Waals surface area contributed by atoms with Crippen molar-refractivity contribution < 1.29 is 48.5 Å². The van der Waals surface area contributed by atoms with Crippen molar-refractivity contribution in [2.24, 2.45) is 0 Å². The fourth-order valence-corrected chi connectivity index (χ4v) is 4.24. The van der Waals surface area contributed by atoms with Crippen LogP contribution in [0, 0.1) is 0 Å². The second kappa shape index (κ2) is 9.35. The van der Waals surface area contributed by atoms with Gasteiger partial charge in [-0.2, -0.15) is 0 Å². The quantitative estimate of drug-likeness (QED) is 0.278. The van der Waals surface area contributed by atoms with Crippen molar-refractivity contribution in [2.45, 2.75) is 0 Å². The minimum atomic E-state index is -0.864. The number of fused-ring (bicyclic) bond motifs is 2. The first-order valence-electron chi connectivity index (χ1n) is 11.0. The number of carbonyl (C=O) groups excluding carboxylic acids is 6. The lowest BCUT2D eigenvalue weighted by molar-refractivity contribution is 0.00569. The Morgan fingerprint density at radius 1 is 0.553 bits per heavy atom. The van der Waals surface area contributed by atoms with Crippen molar-refractivity contribution in [1.82, 2.24) is 0 Å². The molecule has 0 fully saturated rings. The summed E-state index contributed by atoms with van der Waals surface area (Å²) >= 11 is 0. The maximum atomic E-state index is 13.0. The van der Waals surface area contributed by atoms with Gasteiger partial charge in [0.2, 0.25) is 0 Å². The van der Waals surface area contributed by atoms with Crippen LogP contribution in [0.15, 0.2) is 60.7 Å². The Hall–Kier alpha value is -5.20. The Morgan fingerprint density at radius 2 is 0.895 bits per heavy atom. The fourth-order valence-electron chi connectivity index (χ4n) is 4.24. The number of nitrogens with zero attached hydrogens (tertiary/aromatic N) is 2. The van der Waals surface area contributed by atoms with E-state index in [-0.39, 0.29) is 44.8 Å². The van der Waals surface area contributed by atoms with Crippen LogP contribution >= 0.6 is 0 Å². The summed E-state index contributed by atoms with van der Waals surface area (Å²) in [4.78, 5) is 77.4. The van der Waals surface area contributed by atoms with Crippen LogP contribution in [0.4, 0.5) is 11.4 Å². The minimum absolute atomic E-state index is 0.0189. The van der Waals surface area contributed by atoms with E-state index >= 15 is 0 Å². The highest BCUT2D eigenvalue weighted by Crippen LogP contribution is 2.33. The van der Waals surface area contributed by atoms with Crippen LogP contribution in [0.5, 0.6) is 0 Å². The van der Waals surface area contributed by atoms with E-state index in [9.17, 15) is 28.8 Å². The molecule has 5 rings (SSSR count). The maximum absolute atomic E-state index is 13.0. The lowest BCUT2D eigenvalue weighted by Gasteiger charge is -2.17. The SMILES string of the molecule is O=C(OCO)c1ccc2c(c1)C(=O)N(c1ccc(N3C(=O)c4ccc(C(=O)OCO)cc4C3=O)cc1)C2=O. The van der Waals surface area contributed by atoms with Crippen molar-refractivity contribution in [2.75, 3.05) is 23.4 Å². The number of rotatable bonds is 6. The molecule has 12 heteroatoms. The van der Waals surface area contributed by atoms with Crippen molar-refractivity contribution >= 4 is 46.9 Å². The van der Waals surface area contributed by atoms with E-state index in [0.29, 0.717) is 0 Å². The van der Waals surface area contributed by atoms with Gasteiger partial charge < -0.3 is 19.7 Å². The van der Waals surface area contributed by atoms with E-state index in [2.05, 4.69) is 9.47 Å². The average molecular weight is 516 g/mol. The van der Waals surface area contributed by atoms with E-state index in [1.165, 1.54) is 60.7 Å². The average Bonchev–Trinajstić information content (AvgIpc) is 3.32. The van der Waals surface area contributed by atoms with Gasteiger partial charge in [0.1, 0.15) is 0 Å². The number of hydrogen-bond acceptors (Lipinski definition) is 10. The zero-order valence-corrected chi connectivity index (χ0v) is 19.2. The van der Waals surface area contributed by atoms with Gasteiger partial charge in [-0.3, -0.25) is 19.2 Å². The number of ether oxygens (including phenoxy) is 2. The number of anilines is 2. The van der Waals surface area contributed by atoms with Gasteiger partial charge in [-0.15, -0.1) is 0 Å². The molecule has 0 bridgehead atoms. The van der Waals surface area contributed by atoms with Gasteiger partial charge in [0.05, 0.1) is 44.8 Å². The first-order chi connectivity index (χ1) is 18.3. The molecule has 2 N–H and O–H groups in total. The maximum Gasteiger partial charge on any atom is 0.340 e. The second-order valence-corrected chi connectivity index (χ2v) is 8.05. The Balaban J connectivity index is 1.40. The number of imide groups is 2. The Kier molecular flexibility index (Phi) is 6.03. The molecule has 0 unspecified atom stereocenters. The first-order valence-corrected chi connectivity index (χ1v) is 11.0. The molecule has 2 aliphatic rings. The predicted octanol–water partition coefficient (Wildman–Crippen LogP) is 1.50. The number of esters is 2. The monoisotopic (exact) mass is 516 g/mol. The van der Waals surface area contributed by atoms with E-state index < -0.39 is 49.2 Å². The normalized spacial score (nSPS) is 14.1. The molecule has 4 amide bonds. The van der Waals surface area contributed by atoms with E-state index in [0.717, 1.165) is 9.80 Å². The highest BCUT2D eigenvalue weighted by Gasteiger charge is 2.39. The summed E-state index contributed by atoms with van der Waals surface area (Å²) in [6.07, 6.45) is 0. The van der Waals surface area contributed by atoms with Crippen LogP contribution in [0.25, 0.3) is 0 Å². The number of aliphatic hydroxyl groups excluding tert-OH is 2. The van der Waals surface area contributed by atoms with Crippen LogP contribution in [0.3, 0.4) is 0 Å². The van der Waals surface area contributed by atoms with Crippen molar-refractivity contribution in [3.8, 4) is 0 Å². The number of carbonyl (C=O) groups is 6. The summed E-state index contributed by atoms with van der Waals surface area (Å²) < 4.78 is 9.01. The first kappa shape index (κ1) is 24.5. The third-order valence-corrected chi connectivity index (χ3v) is 6.00. The smallest absolute Gasteiger partial charge is 0.340 e. The van der Waals surface area contributed by atoms with Crippen molar-refractivity contribution in [3.05, 3.63) is 94.0 Å². The summed E-state index contributed by atoms with van der Waals surface area (Å²) in [6, 6.07) is 13.1. The molecule has 0 spiro atoms. The van der Waals surface area contributed by atoms with Crippen molar-refractivity contribution in [3.63, 3.8) is 0 Å². The largest absolute Gasteiger partial charge is 0.435 e. The van der Waals surface area contributed by atoms with Crippen LogP contribution in [-0.4, -0.2) is 59.4 Å². The number of aliphatic hydroxyl groups is 2. The van der Waals surface area contributed by atoms with E-state index in [1.54, 1.807) is 0 Å². The van der Waals surface area contributed by atoms with Gasteiger partial charge >= 0.3 is 11.9 Å². The van der Waals surface area contributed by atoms with Gasteiger partial charge in [0.15, 0.2) is 13.6 Å². The van der Waals surface area contributed by atoms with Gasteiger partial charge in [-0.25, -0.2) is 19.4 Å². The third kappa shape index (κ3) is 3.80. The molecule has 12 nitrogen and oxygen atoms in total. The molecule has 0 saturated heterocycles. The zero-order valence-electron chi connectivity index (χ0n) is 19.2. The zero-order chi connectivity index (χ0) is 27.1. The fraction of sp³-hybridized carbons (Fsp3) is 0.0769. The third-order valence-electron chi connectivity index (χ3n) is 6.00. The van der Waals surface area contributed by atoms with Gasteiger partial charge in [-0.1, -0.05) is 0 Å². The summed E-state index contributed by atoms with van der Waals surface area (Å²) in [7, 11) is 0. The number of amides is 4. The summed E-state index contributed by atoms with van der Waals surface area (Å²) in [5, 5.41) is 17.5. The number of hydrogen-bond donors (Lipinski definition) is 2. The molecular formula is C26H16N2O10. The summed E-state index contributed by atoms with van der Waals surface area (Å²) in [6.45, 7) is -1.68. The van der Waals surface area contributed by atoms with E-state index in [1.807, 2.05) is 0 Å². The van der Waals surface area contributed by atoms with Gasteiger partial charge in [-0.05, 0) is 60.7 Å². The van der Waals surface area contributed by atoms with Crippen molar-refractivity contribution in [1.29, 1.82) is 0 Å². The Labute approximate surface area is 213 Å². The number of benzene rings is 3. The van der Waals surface area contributed by atoms with E-state index in [4.69, 9.17) is 10.2 Å². The summed E-state index contributed by atoms with van der Waals surface area (Å²) in [5.41, 5.74) is 0.356. The predicted molar refractivity (Wildman–Crippen MR) is 127 cm³/mol. The van der Waals surface area contributed by atoms with Gasteiger partial charge in [0, 0.05) is 0 Å². The Bertz CT molecular complexity index is 1440. The molecule has 0 aliphatic carbocycles. The lowest BCUT2D eigenvalue weighted by Crippen LogP contribution is -2.30. The molecule has 38 heavy (non-hydrogen) atoms. The van der Waals surface area contributed by atoms with Gasteiger partial charge in [0.25, 0.3) is 23.6 Å². The molecular weight excluding hydrogens is 500 g/mol. The molecule has 0 aromatic heterocycles. The molecule has 0 saturated carbocycles. The lowest BCUT2D eigenvalue weighted by atomic mass is 10.1. The topological polar surface area (TPSA) is 168 Å². The highest BCUT2D eigenvalue weighted by molar-refractivity contribution is 6.36. The van der Waals surface area contributed by atoms with Crippen LogP contribution in [0.2, 0.25) is 0 Å². The standard InChI is InChI=1S/C26H16N2O10/c29-11-37-25(35)13-1-7-17-19(9-13)23(33)27(21(17)31)15-3-5-16(6-4-15)28-22(32)18-8-2-14(26(36)38-12-30)10-20(18)24(28)34/h1-10,29-30H,11-12H2. The molecule has 3 aromatic rings. The molecule has 190 valence electrons. The van der Waals surface area contributed by atoms with Crippen LogP contribution in [-0.2, 0) is 9.47 Å². The summed E-state index contributed by atoms with van der Waals surface area (Å²) in [5.74, 6) is -4.39. The molecule has 0 atom stereocenters. The highest BCUT2D eigenvalue weighted by atomic mass is 16.6. The molecule has 3 aromatic carbocycles. The molecule has 2 aliphatic heterocycles. The Morgan fingerprint density at radius 3 is 1.24 bits per heavy atom. The molecule has 0 radical (unpaired) electrons. The van der Waals surface area contributed by atoms with Crippen LogP contribution in [0.1, 0.15) is 62.1 Å².